The highest BCUT2D eigenvalue weighted by molar-refractivity contribution is 7.89. The van der Waals surface area contributed by atoms with Gasteiger partial charge in [0.1, 0.15) is 5.01 Å². The van der Waals surface area contributed by atoms with Gasteiger partial charge in [0, 0.05) is 5.56 Å². The predicted octanol–water partition coefficient (Wildman–Crippen LogP) is 3.55. The number of sulfonamides is 1. The van der Waals surface area contributed by atoms with Crippen molar-refractivity contribution in [3.63, 3.8) is 0 Å². The summed E-state index contributed by atoms with van der Waals surface area (Å²) < 4.78 is 30.0. The van der Waals surface area contributed by atoms with Crippen molar-refractivity contribution in [2.24, 2.45) is 0 Å². The van der Waals surface area contributed by atoms with Gasteiger partial charge in [-0.25, -0.2) is 22.6 Å². The molecule has 2 aromatic carbocycles. The van der Waals surface area contributed by atoms with Crippen LogP contribution in [-0.4, -0.2) is 23.0 Å². The van der Waals surface area contributed by atoms with Crippen LogP contribution in [-0.2, 0) is 16.6 Å². The molecular formula is C19H18N4O2S2. The van der Waals surface area contributed by atoms with Crippen molar-refractivity contribution >= 4 is 26.3 Å². The highest BCUT2D eigenvalue weighted by Crippen LogP contribution is 2.27. The van der Waals surface area contributed by atoms with Crippen molar-refractivity contribution in [2.75, 3.05) is 0 Å². The Bertz CT molecular complexity index is 1210. The standard InChI is InChI=1S/C19H18N4O2S2/c1-13-8-6-7-11-17(13)27(24,25)20-12-16-18(15-9-4-3-5-10-15)21-19-23(16)22-14(2)26-19/h3-11,20H,12H2,1-2H3. The van der Waals surface area contributed by atoms with E-state index in [9.17, 15) is 8.42 Å². The van der Waals surface area contributed by atoms with Gasteiger partial charge < -0.3 is 0 Å². The molecule has 0 aliphatic carbocycles. The fourth-order valence-electron chi connectivity index (χ4n) is 2.97. The molecule has 2 aromatic heterocycles. The van der Waals surface area contributed by atoms with Crippen LogP contribution < -0.4 is 4.72 Å². The lowest BCUT2D eigenvalue weighted by Gasteiger charge is -2.09. The summed E-state index contributed by atoms with van der Waals surface area (Å²) in [5, 5.41) is 5.36. The third kappa shape index (κ3) is 3.39. The van der Waals surface area contributed by atoms with Crippen molar-refractivity contribution in [3.8, 4) is 11.3 Å². The van der Waals surface area contributed by atoms with Crippen molar-refractivity contribution < 1.29 is 8.42 Å². The normalized spacial score (nSPS) is 11.9. The van der Waals surface area contributed by atoms with Crippen LogP contribution in [0.3, 0.4) is 0 Å². The molecule has 138 valence electrons. The molecule has 8 heteroatoms. The maximum atomic E-state index is 12.8. The summed E-state index contributed by atoms with van der Waals surface area (Å²) in [6.07, 6.45) is 0. The molecule has 0 spiro atoms. The van der Waals surface area contributed by atoms with Gasteiger partial charge in [0.2, 0.25) is 15.0 Å². The Morgan fingerprint density at radius 2 is 1.74 bits per heavy atom. The van der Waals surface area contributed by atoms with Crippen molar-refractivity contribution in [2.45, 2.75) is 25.3 Å². The van der Waals surface area contributed by atoms with E-state index in [0.717, 1.165) is 26.9 Å². The lowest BCUT2D eigenvalue weighted by molar-refractivity contribution is 0.579. The zero-order valence-electron chi connectivity index (χ0n) is 14.9. The molecule has 0 amide bonds. The lowest BCUT2D eigenvalue weighted by atomic mass is 10.1. The molecule has 4 rings (SSSR count). The second-order valence-corrected chi connectivity index (χ2v) is 9.07. The maximum Gasteiger partial charge on any atom is 0.241 e. The molecule has 0 fully saturated rings. The predicted molar refractivity (Wildman–Crippen MR) is 106 cm³/mol. The Hall–Kier alpha value is -2.55. The van der Waals surface area contributed by atoms with Crippen LogP contribution in [0.1, 0.15) is 16.3 Å². The highest BCUT2D eigenvalue weighted by Gasteiger charge is 2.21. The highest BCUT2D eigenvalue weighted by atomic mass is 32.2. The van der Waals surface area contributed by atoms with Gasteiger partial charge in [-0.2, -0.15) is 5.10 Å². The average Bonchev–Trinajstić information content (AvgIpc) is 3.17. The van der Waals surface area contributed by atoms with E-state index in [1.54, 1.807) is 29.6 Å². The number of aryl methyl sites for hydroxylation is 2. The Morgan fingerprint density at radius 3 is 2.48 bits per heavy atom. The van der Waals surface area contributed by atoms with Crippen molar-refractivity contribution in [1.82, 2.24) is 19.3 Å². The van der Waals surface area contributed by atoms with Crippen molar-refractivity contribution in [1.29, 1.82) is 0 Å². The van der Waals surface area contributed by atoms with E-state index in [4.69, 9.17) is 0 Å². The summed E-state index contributed by atoms with van der Waals surface area (Å²) in [6.45, 7) is 3.79. The largest absolute Gasteiger partial charge is 0.241 e. The summed E-state index contributed by atoms with van der Waals surface area (Å²) in [5.41, 5.74) is 3.09. The van der Waals surface area contributed by atoms with Gasteiger partial charge >= 0.3 is 0 Å². The molecule has 0 radical (unpaired) electrons. The summed E-state index contributed by atoms with van der Waals surface area (Å²) in [6, 6.07) is 16.6. The number of rotatable bonds is 5. The zero-order valence-corrected chi connectivity index (χ0v) is 16.5. The van der Waals surface area contributed by atoms with Gasteiger partial charge in [0.25, 0.3) is 0 Å². The van der Waals surface area contributed by atoms with E-state index in [2.05, 4.69) is 14.8 Å². The van der Waals surface area contributed by atoms with Crippen LogP contribution in [0.25, 0.3) is 16.2 Å². The Labute approximate surface area is 161 Å². The minimum absolute atomic E-state index is 0.102. The molecule has 0 aliphatic heterocycles. The SMILES string of the molecule is Cc1nn2c(CNS(=O)(=O)c3ccccc3C)c(-c3ccccc3)nc2s1. The first-order valence-corrected chi connectivity index (χ1v) is 10.7. The number of nitrogens with zero attached hydrogens (tertiary/aromatic N) is 3. The van der Waals surface area contributed by atoms with Gasteiger partial charge in [-0.15, -0.1) is 0 Å². The van der Waals surface area contributed by atoms with E-state index >= 15 is 0 Å². The molecule has 4 aromatic rings. The second-order valence-electron chi connectivity index (χ2n) is 6.18. The molecule has 0 bridgehead atoms. The fourth-order valence-corrected chi connectivity index (χ4v) is 4.96. The third-order valence-electron chi connectivity index (χ3n) is 4.26. The minimum atomic E-state index is -3.64. The van der Waals surface area contributed by atoms with Crippen LogP contribution >= 0.6 is 11.3 Å². The van der Waals surface area contributed by atoms with Crippen LogP contribution in [0.2, 0.25) is 0 Å². The van der Waals surface area contributed by atoms with Crippen LogP contribution in [0.15, 0.2) is 59.5 Å². The molecule has 0 saturated heterocycles. The van der Waals surface area contributed by atoms with E-state index in [-0.39, 0.29) is 11.4 Å². The summed E-state index contributed by atoms with van der Waals surface area (Å²) in [7, 11) is -3.64. The lowest BCUT2D eigenvalue weighted by Crippen LogP contribution is -2.25. The van der Waals surface area contributed by atoms with Gasteiger partial charge in [-0.1, -0.05) is 59.9 Å². The van der Waals surface area contributed by atoms with E-state index in [0.29, 0.717) is 5.56 Å². The first kappa shape index (κ1) is 17.8. The summed E-state index contributed by atoms with van der Waals surface area (Å²) >= 11 is 1.48. The number of fused-ring (bicyclic) bond motifs is 1. The average molecular weight is 399 g/mol. The van der Waals surface area contributed by atoms with E-state index in [1.165, 1.54) is 11.3 Å². The van der Waals surface area contributed by atoms with E-state index < -0.39 is 10.0 Å². The van der Waals surface area contributed by atoms with Gasteiger partial charge in [0.05, 0.1) is 22.8 Å². The maximum absolute atomic E-state index is 12.8. The quantitative estimate of drug-likeness (QED) is 0.558. The first-order chi connectivity index (χ1) is 13.0. The molecule has 0 atom stereocenters. The Morgan fingerprint density at radius 1 is 1.04 bits per heavy atom. The number of nitrogens with one attached hydrogen (secondary N) is 1. The fraction of sp³-hybridized carbons (Fsp3) is 0.158. The van der Waals surface area contributed by atoms with Gasteiger partial charge in [-0.05, 0) is 25.5 Å². The monoisotopic (exact) mass is 398 g/mol. The smallest absolute Gasteiger partial charge is 0.217 e. The number of aromatic nitrogens is 3. The van der Waals surface area contributed by atoms with Gasteiger partial charge in [-0.3, -0.25) is 0 Å². The molecule has 1 N–H and O–H groups in total. The Balaban J connectivity index is 1.74. The molecule has 0 aliphatic rings. The third-order valence-corrected chi connectivity index (χ3v) is 6.64. The number of imidazole rings is 1. The first-order valence-electron chi connectivity index (χ1n) is 8.41. The minimum Gasteiger partial charge on any atom is -0.217 e. The second kappa shape index (κ2) is 6.88. The molecule has 6 nitrogen and oxygen atoms in total. The molecule has 0 saturated carbocycles. The molecule has 2 heterocycles. The van der Waals surface area contributed by atoms with Crippen molar-refractivity contribution in [3.05, 3.63) is 70.9 Å². The zero-order chi connectivity index (χ0) is 19.0. The summed E-state index contributed by atoms with van der Waals surface area (Å²) in [5.74, 6) is 0. The topological polar surface area (TPSA) is 76.4 Å². The van der Waals surface area contributed by atoms with E-state index in [1.807, 2.05) is 43.3 Å². The van der Waals surface area contributed by atoms with Crippen LogP contribution in [0.5, 0.6) is 0 Å². The molecule has 27 heavy (non-hydrogen) atoms. The summed E-state index contributed by atoms with van der Waals surface area (Å²) in [4.78, 5) is 5.70. The Kier molecular flexibility index (Phi) is 4.55. The molecule has 0 unspecified atom stereocenters. The number of benzene rings is 2. The van der Waals surface area contributed by atoms with Crippen LogP contribution in [0.4, 0.5) is 0 Å². The van der Waals surface area contributed by atoms with Gasteiger partial charge in [0.15, 0.2) is 0 Å². The number of hydrogen-bond donors (Lipinski definition) is 1. The van der Waals surface area contributed by atoms with Crippen LogP contribution in [0, 0.1) is 13.8 Å². The number of hydrogen-bond acceptors (Lipinski definition) is 5. The molecular weight excluding hydrogens is 380 g/mol.